The van der Waals surface area contributed by atoms with E-state index in [-0.39, 0.29) is 18.6 Å². The molecule has 0 saturated carbocycles. The molecular weight excluding hydrogens is 358 g/mol. The first kappa shape index (κ1) is 20.5. The fourth-order valence-corrected chi connectivity index (χ4v) is 3.50. The zero-order valence-electron chi connectivity index (χ0n) is 17.1. The fourth-order valence-electron chi connectivity index (χ4n) is 3.50. The Balaban J connectivity index is 1.50. The van der Waals surface area contributed by atoms with Crippen molar-refractivity contribution in [3.05, 3.63) is 23.8 Å². The summed E-state index contributed by atoms with van der Waals surface area (Å²) in [7, 11) is 0. The van der Waals surface area contributed by atoms with Gasteiger partial charge in [0.1, 0.15) is 5.41 Å². The van der Waals surface area contributed by atoms with Gasteiger partial charge in [0.25, 0.3) is 0 Å². The third-order valence-corrected chi connectivity index (χ3v) is 5.42. The molecule has 0 bridgehead atoms. The molecule has 1 aromatic carbocycles. The molecule has 7 heteroatoms. The molecule has 154 valence electrons. The van der Waals surface area contributed by atoms with Crippen LogP contribution in [0.25, 0.3) is 0 Å². The summed E-state index contributed by atoms with van der Waals surface area (Å²) < 4.78 is 10.8. The number of amides is 2. The van der Waals surface area contributed by atoms with Gasteiger partial charge < -0.3 is 19.7 Å². The molecule has 0 unspecified atom stereocenters. The average Bonchev–Trinajstić information content (AvgIpc) is 3.16. The number of ether oxygens (including phenoxy) is 2. The van der Waals surface area contributed by atoms with E-state index in [9.17, 15) is 9.59 Å². The molecule has 28 heavy (non-hydrogen) atoms. The molecule has 2 heterocycles. The number of nitrogens with zero attached hydrogens (tertiary/aromatic N) is 2. The van der Waals surface area contributed by atoms with Crippen molar-refractivity contribution in [1.29, 1.82) is 0 Å². The second-order valence-electron chi connectivity index (χ2n) is 7.99. The first-order chi connectivity index (χ1) is 13.4. The SMILES string of the molecule is CCCCNC(=O)C(C)(C)C(=O)N1CCN(Cc2ccc3c(c2)OCO3)CC1. The molecule has 1 saturated heterocycles. The molecule has 1 fully saturated rings. The normalized spacial score (nSPS) is 16.9. The van der Waals surface area contributed by atoms with Gasteiger partial charge in [0.15, 0.2) is 11.5 Å². The highest BCUT2D eigenvalue weighted by Crippen LogP contribution is 2.33. The van der Waals surface area contributed by atoms with E-state index >= 15 is 0 Å². The summed E-state index contributed by atoms with van der Waals surface area (Å²) in [6, 6.07) is 6.01. The van der Waals surface area contributed by atoms with Crippen molar-refractivity contribution in [3.63, 3.8) is 0 Å². The summed E-state index contributed by atoms with van der Waals surface area (Å²) in [5, 5.41) is 2.89. The van der Waals surface area contributed by atoms with E-state index in [1.807, 2.05) is 17.0 Å². The number of rotatable bonds is 7. The largest absolute Gasteiger partial charge is 0.454 e. The predicted octanol–water partition coefficient (Wildman–Crippen LogP) is 2.00. The van der Waals surface area contributed by atoms with E-state index in [0.717, 1.165) is 44.0 Å². The van der Waals surface area contributed by atoms with Crippen LogP contribution in [0, 0.1) is 5.41 Å². The molecule has 3 rings (SSSR count). The van der Waals surface area contributed by atoms with Gasteiger partial charge in [-0.15, -0.1) is 0 Å². The number of hydrogen-bond acceptors (Lipinski definition) is 5. The summed E-state index contributed by atoms with van der Waals surface area (Å²) in [6.07, 6.45) is 1.94. The molecule has 2 aliphatic heterocycles. The number of benzene rings is 1. The van der Waals surface area contributed by atoms with Gasteiger partial charge >= 0.3 is 0 Å². The van der Waals surface area contributed by atoms with E-state index in [1.54, 1.807) is 13.8 Å². The topological polar surface area (TPSA) is 71.1 Å². The van der Waals surface area contributed by atoms with Crippen LogP contribution in [-0.4, -0.2) is 61.1 Å². The Morgan fingerprint density at radius 3 is 2.54 bits per heavy atom. The van der Waals surface area contributed by atoms with Crippen LogP contribution in [0.4, 0.5) is 0 Å². The molecule has 1 aromatic rings. The molecular formula is C21H31N3O4. The van der Waals surface area contributed by atoms with E-state index in [1.165, 1.54) is 5.56 Å². The minimum absolute atomic E-state index is 0.0933. The zero-order chi connectivity index (χ0) is 20.1. The number of hydrogen-bond donors (Lipinski definition) is 1. The van der Waals surface area contributed by atoms with Crippen molar-refractivity contribution in [2.24, 2.45) is 5.41 Å². The number of carbonyl (C=O) groups excluding carboxylic acids is 2. The summed E-state index contributed by atoms with van der Waals surface area (Å²) in [6.45, 7) is 10.1. The molecule has 0 radical (unpaired) electrons. The fraction of sp³-hybridized carbons (Fsp3) is 0.619. The van der Waals surface area contributed by atoms with Crippen molar-refractivity contribution < 1.29 is 19.1 Å². The van der Waals surface area contributed by atoms with Crippen LogP contribution in [0.3, 0.4) is 0 Å². The lowest BCUT2D eigenvalue weighted by Gasteiger charge is -2.38. The Kier molecular flexibility index (Phi) is 6.44. The van der Waals surface area contributed by atoms with Crippen molar-refractivity contribution in [2.45, 2.75) is 40.2 Å². The monoisotopic (exact) mass is 389 g/mol. The zero-order valence-corrected chi connectivity index (χ0v) is 17.1. The lowest BCUT2D eigenvalue weighted by Crippen LogP contribution is -2.55. The summed E-state index contributed by atoms with van der Waals surface area (Å²) in [4.78, 5) is 29.5. The third kappa shape index (κ3) is 4.58. The van der Waals surface area contributed by atoms with Gasteiger partial charge in [-0.1, -0.05) is 19.4 Å². The average molecular weight is 389 g/mol. The summed E-state index contributed by atoms with van der Waals surface area (Å²) in [5.74, 6) is 1.30. The molecule has 0 spiro atoms. The van der Waals surface area contributed by atoms with Gasteiger partial charge in [-0.05, 0) is 38.0 Å². The van der Waals surface area contributed by atoms with Gasteiger partial charge in [-0.3, -0.25) is 14.5 Å². The number of fused-ring (bicyclic) bond motifs is 1. The maximum atomic E-state index is 12.9. The van der Waals surface area contributed by atoms with Crippen LogP contribution in [0.1, 0.15) is 39.2 Å². The summed E-state index contributed by atoms with van der Waals surface area (Å²) in [5.41, 5.74) is 0.132. The van der Waals surface area contributed by atoms with Gasteiger partial charge in [0.05, 0.1) is 0 Å². The molecule has 2 aliphatic rings. The van der Waals surface area contributed by atoms with Gasteiger partial charge in [0.2, 0.25) is 18.6 Å². The molecule has 2 amide bonds. The number of nitrogens with one attached hydrogen (secondary N) is 1. The van der Waals surface area contributed by atoms with Crippen molar-refractivity contribution in [1.82, 2.24) is 15.1 Å². The first-order valence-electron chi connectivity index (χ1n) is 10.1. The van der Waals surface area contributed by atoms with Gasteiger partial charge in [-0.25, -0.2) is 0 Å². The number of carbonyl (C=O) groups is 2. The Morgan fingerprint density at radius 2 is 1.82 bits per heavy atom. The van der Waals surface area contributed by atoms with Crippen LogP contribution >= 0.6 is 0 Å². The maximum Gasteiger partial charge on any atom is 0.237 e. The highest BCUT2D eigenvalue weighted by Gasteiger charge is 2.39. The third-order valence-electron chi connectivity index (χ3n) is 5.42. The van der Waals surface area contributed by atoms with E-state index in [2.05, 4.69) is 23.2 Å². The van der Waals surface area contributed by atoms with E-state index < -0.39 is 5.41 Å². The summed E-state index contributed by atoms with van der Waals surface area (Å²) >= 11 is 0. The highest BCUT2D eigenvalue weighted by molar-refractivity contribution is 6.04. The molecule has 7 nitrogen and oxygen atoms in total. The van der Waals surface area contributed by atoms with Crippen LogP contribution in [0.5, 0.6) is 11.5 Å². The standard InChI is InChI=1S/C21H31N3O4/c1-4-5-8-22-19(25)21(2,3)20(26)24-11-9-23(10-12-24)14-16-6-7-17-18(13-16)28-15-27-17/h6-7,13H,4-5,8-12,14-15H2,1-3H3,(H,22,25). The van der Waals surface area contributed by atoms with Crippen molar-refractivity contribution >= 4 is 11.8 Å². The Labute approximate surface area is 167 Å². The smallest absolute Gasteiger partial charge is 0.237 e. The lowest BCUT2D eigenvalue weighted by atomic mass is 9.90. The minimum atomic E-state index is -1.03. The molecule has 0 atom stereocenters. The number of piperazine rings is 1. The van der Waals surface area contributed by atoms with E-state index in [4.69, 9.17) is 9.47 Å². The molecule has 0 aromatic heterocycles. The highest BCUT2D eigenvalue weighted by atomic mass is 16.7. The van der Waals surface area contributed by atoms with Gasteiger partial charge in [-0.2, -0.15) is 0 Å². The van der Waals surface area contributed by atoms with Crippen LogP contribution in [0.2, 0.25) is 0 Å². The molecule has 1 N–H and O–H groups in total. The Hall–Kier alpha value is -2.28. The van der Waals surface area contributed by atoms with Crippen molar-refractivity contribution in [2.75, 3.05) is 39.5 Å². The maximum absolute atomic E-state index is 12.9. The van der Waals surface area contributed by atoms with Crippen LogP contribution < -0.4 is 14.8 Å². The van der Waals surface area contributed by atoms with Crippen LogP contribution in [-0.2, 0) is 16.1 Å². The number of unbranched alkanes of at least 4 members (excludes halogenated alkanes) is 1. The first-order valence-corrected chi connectivity index (χ1v) is 10.1. The second kappa shape index (κ2) is 8.82. The van der Waals surface area contributed by atoms with E-state index in [0.29, 0.717) is 19.6 Å². The van der Waals surface area contributed by atoms with Crippen LogP contribution in [0.15, 0.2) is 18.2 Å². The molecule has 0 aliphatic carbocycles. The van der Waals surface area contributed by atoms with Crippen molar-refractivity contribution in [3.8, 4) is 11.5 Å². The lowest BCUT2D eigenvalue weighted by molar-refractivity contribution is -0.149. The quantitative estimate of drug-likeness (QED) is 0.571. The second-order valence-corrected chi connectivity index (χ2v) is 7.99. The Bertz CT molecular complexity index is 712. The minimum Gasteiger partial charge on any atom is -0.454 e. The Morgan fingerprint density at radius 1 is 1.11 bits per heavy atom. The van der Waals surface area contributed by atoms with Gasteiger partial charge in [0, 0.05) is 39.3 Å². The predicted molar refractivity (Wildman–Crippen MR) is 106 cm³/mol.